The maximum Gasteiger partial charge on any atom is 0.141 e. The van der Waals surface area contributed by atoms with Crippen LogP contribution in [-0.2, 0) is 7.05 Å². The van der Waals surface area contributed by atoms with Crippen molar-refractivity contribution in [2.75, 3.05) is 11.5 Å². The second kappa shape index (κ2) is 7.71. The number of unbranched alkanes of at least 4 members (excludes halogenated alkanes) is 1. The van der Waals surface area contributed by atoms with Gasteiger partial charge in [-0.15, -0.1) is 22.7 Å². The van der Waals surface area contributed by atoms with Crippen molar-refractivity contribution in [2.24, 2.45) is 7.05 Å². The quantitative estimate of drug-likeness (QED) is 0.390. The van der Waals surface area contributed by atoms with E-state index in [-0.39, 0.29) is 0 Å². The van der Waals surface area contributed by atoms with E-state index >= 15 is 0 Å². The molecule has 0 fully saturated rings. The van der Waals surface area contributed by atoms with Crippen LogP contribution < -0.4 is 5.73 Å². The predicted octanol–water partition coefficient (Wildman–Crippen LogP) is 5.82. The van der Waals surface area contributed by atoms with E-state index in [1.165, 1.54) is 22.7 Å². The lowest BCUT2D eigenvalue weighted by Crippen LogP contribution is -2.02. The summed E-state index contributed by atoms with van der Waals surface area (Å²) >= 11 is 2.92. The summed E-state index contributed by atoms with van der Waals surface area (Å²) in [7, 11) is -0.493. The van der Waals surface area contributed by atoms with Crippen molar-refractivity contribution in [1.82, 2.24) is 19.5 Å². The minimum Gasteiger partial charge on any atom is -0.397 e. The van der Waals surface area contributed by atoms with Crippen molar-refractivity contribution < 1.29 is 4.55 Å². The number of aryl methyl sites for hydroxylation is 1. The Morgan fingerprint density at radius 1 is 1.34 bits per heavy atom. The Hall–Kier alpha value is -1.94. The van der Waals surface area contributed by atoms with Gasteiger partial charge in [0.15, 0.2) is 0 Å². The average molecular weight is 446 g/mol. The van der Waals surface area contributed by atoms with Crippen LogP contribution in [0.2, 0.25) is 0 Å². The predicted molar refractivity (Wildman–Crippen MR) is 125 cm³/mol. The molecule has 4 rings (SSSR count). The van der Waals surface area contributed by atoms with E-state index in [0.29, 0.717) is 15.6 Å². The fourth-order valence-corrected chi connectivity index (χ4v) is 7.15. The van der Waals surface area contributed by atoms with Crippen LogP contribution in [-0.4, -0.2) is 29.8 Å². The second-order valence-corrected chi connectivity index (χ2v) is 11.4. The Morgan fingerprint density at radius 3 is 2.76 bits per heavy atom. The first-order valence-electron chi connectivity index (χ1n) is 9.26. The van der Waals surface area contributed by atoms with Crippen molar-refractivity contribution in [2.45, 2.75) is 30.9 Å². The smallest absolute Gasteiger partial charge is 0.141 e. The van der Waals surface area contributed by atoms with Crippen LogP contribution in [0.5, 0.6) is 0 Å². The van der Waals surface area contributed by atoms with Crippen LogP contribution in [0.25, 0.3) is 32.2 Å². The molecule has 0 aliphatic heterocycles. The Balaban J connectivity index is 2.00. The molecule has 4 heterocycles. The van der Waals surface area contributed by atoms with Gasteiger partial charge in [-0.05, 0) is 19.4 Å². The molecule has 2 radical (unpaired) electrons. The molecule has 0 aromatic carbocycles. The molecule has 4 aromatic rings. The number of rotatable bonds is 6. The van der Waals surface area contributed by atoms with Gasteiger partial charge < -0.3 is 14.9 Å². The zero-order valence-corrected chi connectivity index (χ0v) is 19.0. The SMILES string of the molecule is [CH]S(O)(CCCC)c1sc2nc(-c3nccs3)cc(-c3cnc(C)n3C)c2c1N. The number of hydrogen-bond donors (Lipinski definition) is 2. The maximum atomic E-state index is 11.0. The van der Waals surface area contributed by atoms with E-state index in [4.69, 9.17) is 17.0 Å². The number of thiazole rings is 1. The third-order valence-corrected chi connectivity index (χ3v) is 9.52. The summed E-state index contributed by atoms with van der Waals surface area (Å²) in [5.74, 6) is 1.43. The van der Waals surface area contributed by atoms with Gasteiger partial charge in [-0.3, -0.25) is 0 Å². The minimum absolute atomic E-state index is 0.521. The molecule has 4 aromatic heterocycles. The first-order chi connectivity index (χ1) is 13.8. The highest BCUT2D eigenvalue weighted by molar-refractivity contribution is 8.31. The molecule has 1 atom stereocenters. The molecule has 0 bridgehead atoms. The summed E-state index contributed by atoms with van der Waals surface area (Å²) in [6.45, 7) is 4.04. The van der Waals surface area contributed by atoms with Gasteiger partial charge in [0.2, 0.25) is 0 Å². The van der Waals surface area contributed by atoms with Crippen LogP contribution in [0.3, 0.4) is 0 Å². The molecule has 0 saturated heterocycles. The number of imidazole rings is 1. The number of pyridine rings is 1. The van der Waals surface area contributed by atoms with Gasteiger partial charge in [-0.2, -0.15) is 0 Å². The van der Waals surface area contributed by atoms with E-state index in [0.717, 1.165) is 50.8 Å². The van der Waals surface area contributed by atoms with Crippen LogP contribution in [0.1, 0.15) is 25.6 Å². The summed E-state index contributed by atoms with van der Waals surface area (Å²) in [6, 6.07) is 2.00. The Bertz CT molecular complexity index is 1160. The van der Waals surface area contributed by atoms with E-state index in [1.807, 2.05) is 36.2 Å². The van der Waals surface area contributed by atoms with Crippen LogP contribution in [0, 0.1) is 13.2 Å². The normalized spacial score (nSPS) is 14.9. The van der Waals surface area contributed by atoms with Crippen LogP contribution in [0.4, 0.5) is 5.69 Å². The summed E-state index contributed by atoms with van der Waals surface area (Å²) in [5, 5.41) is 3.58. The molecule has 0 saturated carbocycles. The molecule has 0 aliphatic rings. The zero-order chi connectivity index (χ0) is 20.8. The van der Waals surface area contributed by atoms with Gasteiger partial charge >= 0.3 is 0 Å². The summed E-state index contributed by atoms with van der Waals surface area (Å²) in [6.07, 6.45) is 11.8. The average Bonchev–Trinajstić information content (AvgIpc) is 3.41. The molecule has 152 valence electrons. The number of nitrogen functional groups attached to an aromatic ring is 1. The molecule has 0 aliphatic carbocycles. The Morgan fingerprint density at radius 2 is 2.14 bits per heavy atom. The van der Waals surface area contributed by atoms with Crippen molar-refractivity contribution >= 4 is 48.9 Å². The largest absolute Gasteiger partial charge is 0.397 e. The van der Waals surface area contributed by atoms with Gasteiger partial charge in [0.05, 0.1) is 21.8 Å². The molecule has 9 heteroatoms. The molecular formula is C20H23N5OS3. The monoisotopic (exact) mass is 445 g/mol. The zero-order valence-electron chi connectivity index (χ0n) is 16.5. The van der Waals surface area contributed by atoms with Crippen molar-refractivity contribution in [3.05, 3.63) is 35.9 Å². The highest BCUT2D eigenvalue weighted by atomic mass is 32.3. The van der Waals surface area contributed by atoms with Gasteiger partial charge in [-0.1, -0.05) is 23.7 Å². The molecule has 0 spiro atoms. The standard InChI is InChI=1S/C20H23N5OS3/c1-5-6-9-29(4,26)20-17(21)16-13(15-11-23-12(2)25(15)3)10-14(24-19(16)28-20)18-22-7-8-27-18/h4,7-8,10-11,26H,5-6,9,21H2,1-3H3. The number of anilines is 1. The van der Waals surface area contributed by atoms with Crippen LogP contribution >= 0.6 is 33.0 Å². The van der Waals surface area contributed by atoms with Gasteiger partial charge in [0.25, 0.3) is 0 Å². The summed E-state index contributed by atoms with van der Waals surface area (Å²) in [5.41, 5.74) is 9.73. The number of fused-ring (bicyclic) bond motifs is 1. The van der Waals surface area contributed by atoms with Crippen LogP contribution in [0.15, 0.2) is 28.0 Å². The van der Waals surface area contributed by atoms with Crippen molar-refractivity contribution in [3.8, 4) is 22.0 Å². The number of hydrogen-bond acceptors (Lipinski definition) is 7. The van der Waals surface area contributed by atoms with Crippen molar-refractivity contribution in [3.63, 3.8) is 0 Å². The van der Waals surface area contributed by atoms with Gasteiger partial charge in [-0.25, -0.2) is 15.0 Å². The van der Waals surface area contributed by atoms with Gasteiger partial charge in [0, 0.05) is 41.6 Å². The highest BCUT2D eigenvalue weighted by Crippen LogP contribution is 2.59. The fourth-order valence-electron chi connectivity index (χ4n) is 3.23. The fraction of sp³-hybridized carbons (Fsp3) is 0.300. The molecule has 3 N–H and O–H groups in total. The molecule has 1 unspecified atom stereocenters. The van der Waals surface area contributed by atoms with E-state index in [1.54, 1.807) is 6.20 Å². The first kappa shape index (κ1) is 20.3. The second-order valence-electron chi connectivity index (χ2n) is 6.94. The third kappa shape index (κ3) is 3.56. The van der Waals surface area contributed by atoms with E-state index in [2.05, 4.69) is 16.9 Å². The van der Waals surface area contributed by atoms with Gasteiger partial charge in [0.1, 0.15) is 21.4 Å². The summed E-state index contributed by atoms with van der Waals surface area (Å²) < 4.78 is 13.7. The van der Waals surface area contributed by atoms with E-state index < -0.39 is 10.3 Å². The lowest BCUT2D eigenvalue weighted by molar-refractivity contribution is 0.631. The third-order valence-electron chi connectivity index (χ3n) is 4.94. The number of thiophene rings is 1. The highest BCUT2D eigenvalue weighted by Gasteiger charge is 2.27. The first-order valence-corrected chi connectivity index (χ1v) is 12.8. The number of nitrogens with zero attached hydrogens (tertiary/aromatic N) is 4. The Labute approximate surface area is 180 Å². The topological polar surface area (TPSA) is 89.9 Å². The molecular weight excluding hydrogens is 422 g/mol. The lowest BCUT2D eigenvalue weighted by atomic mass is 10.1. The van der Waals surface area contributed by atoms with Crippen molar-refractivity contribution in [1.29, 1.82) is 0 Å². The molecule has 29 heavy (non-hydrogen) atoms. The molecule has 6 nitrogen and oxygen atoms in total. The minimum atomic E-state index is -2.47. The number of nitrogens with two attached hydrogens (primary N) is 1. The lowest BCUT2D eigenvalue weighted by Gasteiger charge is -2.27. The Kier molecular flexibility index (Phi) is 5.41. The summed E-state index contributed by atoms with van der Waals surface area (Å²) in [4.78, 5) is 14.4. The maximum absolute atomic E-state index is 11.0. The number of aromatic nitrogens is 4. The van der Waals surface area contributed by atoms with E-state index in [9.17, 15) is 4.55 Å². The molecule has 0 amide bonds.